The van der Waals surface area contributed by atoms with E-state index in [0.717, 1.165) is 0 Å². The molecule has 5 nitrogen and oxygen atoms in total. The molecule has 0 aliphatic rings. The summed E-state index contributed by atoms with van der Waals surface area (Å²) in [5.74, 6) is 0. The molecule has 0 aliphatic heterocycles. The standard InChI is InChI=1S/C6H2N4O/c7-1-5(11)6(2-8,3-9)4-10/h5,11H. The first-order valence-electron chi connectivity index (χ1n) is 2.48. The van der Waals surface area contributed by atoms with Crippen molar-refractivity contribution in [2.45, 2.75) is 6.10 Å². The Morgan fingerprint density at radius 2 is 1.36 bits per heavy atom. The van der Waals surface area contributed by atoms with Gasteiger partial charge in [-0.15, -0.1) is 0 Å². The number of hydrogen-bond donors (Lipinski definition) is 1. The summed E-state index contributed by atoms with van der Waals surface area (Å²) in [5, 5.41) is 41.7. The van der Waals surface area contributed by atoms with E-state index in [-0.39, 0.29) is 0 Å². The zero-order chi connectivity index (χ0) is 8.91. The van der Waals surface area contributed by atoms with E-state index in [9.17, 15) is 0 Å². The zero-order valence-electron chi connectivity index (χ0n) is 5.31. The van der Waals surface area contributed by atoms with Gasteiger partial charge in [-0.1, -0.05) is 0 Å². The Bertz CT molecular complexity index is 271. The normalized spacial score (nSPS) is 11.4. The van der Waals surface area contributed by atoms with Gasteiger partial charge in [0.05, 0.1) is 6.07 Å². The minimum Gasteiger partial charge on any atom is -0.374 e. The number of rotatable bonds is 1. The first-order valence-corrected chi connectivity index (χ1v) is 2.48. The minimum absolute atomic E-state index is 1.25. The molecule has 5 heteroatoms. The molecule has 0 amide bonds. The second-order valence-corrected chi connectivity index (χ2v) is 1.68. The summed E-state index contributed by atoms with van der Waals surface area (Å²) in [4.78, 5) is 0. The van der Waals surface area contributed by atoms with Crippen molar-refractivity contribution in [3.8, 4) is 24.3 Å². The first kappa shape index (κ1) is 8.92. The van der Waals surface area contributed by atoms with E-state index in [2.05, 4.69) is 0 Å². The lowest BCUT2D eigenvalue weighted by molar-refractivity contribution is 0.179. The zero-order valence-corrected chi connectivity index (χ0v) is 5.31. The highest BCUT2D eigenvalue weighted by molar-refractivity contribution is 5.32. The molecule has 0 fully saturated rings. The van der Waals surface area contributed by atoms with Crippen LogP contribution in [0.15, 0.2) is 0 Å². The van der Waals surface area contributed by atoms with E-state index in [1.165, 1.54) is 24.3 Å². The van der Waals surface area contributed by atoms with Crippen LogP contribution < -0.4 is 0 Å². The van der Waals surface area contributed by atoms with E-state index in [1.54, 1.807) is 0 Å². The van der Waals surface area contributed by atoms with Crippen LogP contribution in [0.5, 0.6) is 0 Å². The highest BCUT2D eigenvalue weighted by Gasteiger charge is 2.39. The van der Waals surface area contributed by atoms with Gasteiger partial charge in [0, 0.05) is 0 Å². The maximum Gasteiger partial charge on any atom is 0.267 e. The van der Waals surface area contributed by atoms with Crippen LogP contribution in [0, 0.1) is 50.7 Å². The lowest BCUT2D eigenvalue weighted by Gasteiger charge is -2.08. The van der Waals surface area contributed by atoms with Crippen LogP contribution >= 0.6 is 0 Å². The Morgan fingerprint density at radius 3 is 1.45 bits per heavy atom. The van der Waals surface area contributed by atoms with Crippen molar-refractivity contribution >= 4 is 0 Å². The molecule has 1 atom stereocenters. The molecular formula is C6H2N4O. The smallest absolute Gasteiger partial charge is 0.267 e. The van der Waals surface area contributed by atoms with Gasteiger partial charge in [0.15, 0.2) is 6.10 Å². The number of nitrogens with zero attached hydrogens (tertiary/aromatic N) is 4. The summed E-state index contributed by atoms with van der Waals surface area (Å²) >= 11 is 0. The first-order chi connectivity index (χ1) is 5.16. The Balaban J connectivity index is 5.01. The Hall–Kier alpha value is -2.08. The fourth-order valence-corrected chi connectivity index (χ4v) is 0.355. The Morgan fingerprint density at radius 1 is 1.00 bits per heavy atom. The van der Waals surface area contributed by atoms with Gasteiger partial charge in [0.1, 0.15) is 18.2 Å². The lowest BCUT2D eigenvalue weighted by atomic mass is 9.88. The van der Waals surface area contributed by atoms with Crippen molar-refractivity contribution in [2.24, 2.45) is 5.41 Å². The summed E-state index contributed by atoms with van der Waals surface area (Å²) in [6.07, 6.45) is -1.89. The van der Waals surface area contributed by atoms with Crippen molar-refractivity contribution < 1.29 is 5.11 Å². The van der Waals surface area contributed by atoms with E-state index in [1.807, 2.05) is 0 Å². The minimum atomic E-state index is -2.26. The maximum atomic E-state index is 8.74. The van der Waals surface area contributed by atoms with Crippen LogP contribution in [-0.4, -0.2) is 11.2 Å². The average Bonchev–Trinajstić information content (AvgIpc) is 2.08. The number of aliphatic hydroxyl groups is 1. The SMILES string of the molecule is N#CC(O)C(C#N)(C#N)C#N. The monoisotopic (exact) mass is 146 g/mol. The second-order valence-electron chi connectivity index (χ2n) is 1.68. The van der Waals surface area contributed by atoms with Gasteiger partial charge >= 0.3 is 0 Å². The lowest BCUT2D eigenvalue weighted by Crippen LogP contribution is -2.29. The van der Waals surface area contributed by atoms with Gasteiger partial charge in [-0.25, -0.2) is 0 Å². The molecule has 0 aromatic rings. The highest BCUT2D eigenvalue weighted by atomic mass is 16.3. The van der Waals surface area contributed by atoms with Gasteiger partial charge in [-0.2, -0.15) is 21.0 Å². The van der Waals surface area contributed by atoms with Crippen molar-refractivity contribution in [1.82, 2.24) is 0 Å². The molecule has 0 aliphatic carbocycles. The van der Waals surface area contributed by atoms with Crippen LogP contribution in [-0.2, 0) is 0 Å². The third kappa shape index (κ3) is 1.25. The van der Waals surface area contributed by atoms with Crippen LogP contribution in [0.1, 0.15) is 0 Å². The van der Waals surface area contributed by atoms with Gasteiger partial charge in [-0.05, 0) is 0 Å². The van der Waals surface area contributed by atoms with Gasteiger partial charge < -0.3 is 5.11 Å². The van der Waals surface area contributed by atoms with Crippen molar-refractivity contribution in [1.29, 1.82) is 21.0 Å². The van der Waals surface area contributed by atoms with Crippen molar-refractivity contribution in [2.75, 3.05) is 0 Å². The predicted octanol–water partition coefficient (Wildman–Crippen LogP) is -0.572. The molecular weight excluding hydrogens is 144 g/mol. The quantitative estimate of drug-likeness (QED) is 0.497. The molecule has 0 rings (SSSR count). The number of aliphatic hydroxyl groups excluding tert-OH is 1. The maximum absolute atomic E-state index is 8.74. The van der Waals surface area contributed by atoms with E-state index >= 15 is 0 Å². The van der Waals surface area contributed by atoms with Crippen molar-refractivity contribution in [3.63, 3.8) is 0 Å². The topological polar surface area (TPSA) is 115 Å². The molecule has 0 radical (unpaired) electrons. The summed E-state index contributed by atoms with van der Waals surface area (Å²) in [6.45, 7) is 0. The fourth-order valence-electron chi connectivity index (χ4n) is 0.355. The van der Waals surface area contributed by atoms with Crippen LogP contribution in [0.4, 0.5) is 0 Å². The molecule has 1 unspecified atom stereocenters. The van der Waals surface area contributed by atoms with Gasteiger partial charge in [-0.3, -0.25) is 0 Å². The van der Waals surface area contributed by atoms with E-state index in [0.29, 0.717) is 0 Å². The second kappa shape index (κ2) is 3.18. The highest BCUT2D eigenvalue weighted by Crippen LogP contribution is 2.17. The van der Waals surface area contributed by atoms with E-state index in [4.69, 9.17) is 26.2 Å². The third-order valence-electron chi connectivity index (χ3n) is 1.06. The molecule has 0 heterocycles. The van der Waals surface area contributed by atoms with Crippen molar-refractivity contribution in [3.05, 3.63) is 0 Å². The third-order valence-corrected chi connectivity index (χ3v) is 1.06. The summed E-state index contributed by atoms with van der Waals surface area (Å²) in [6, 6.07) is 5.06. The van der Waals surface area contributed by atoms with Crippen LogP contribution in [0.3, 0.4) is 0 Å². The molecule has 0 saturated heterocycles. The van der Waals surface area contributed by atoms with Crippen LogP contribution in [0.2, 0.25) is 0 Å². The molecule has 52 valence electrons. The van der Waals surface area contributed by atoms with E-state index < -0.39 is 11.5 Å². The number of nitriles is 4. The molecule has 1 N–H and O–H groups in total. The Labute approximate surface area is 62.9 Å². The summed E-state index contributed by atoms with van der Waals surface area (Å²) < 4.78 is 0. The summed E-state index contributed by atoms with van der Waals surface area (Å²) in [7, 11) is 0. The molecule has 0 aromatic heterocycles. The van der Waals surface area contributed by atoms with Crippen LogP contribution in [0.25, 0.3) is 0 Å². The fraction of sp³-hybridized carbons (Fsp3) is 0.333. The van der Waals surface area contributed by atoms with Gasteiger partial charge in [0.25, 0.3) is 5.41 Å². The van der Waals surface area contributed by atoms with Gasteiger partial charge in [0.2, 0.25) is 0 Å². The average molecular weight is 146 g/mol. The molecule has 0 spiro atoms. The predicted molar refractivity (Wildman–Crippen MR) is 30.9 cm³/mol. The Kier molecular flexibility index (Phi) is 2.58. The molecule has 0 saturated carbocycles. The molecule has 11 heavy (non-hydrogen) atoms. The summed E-state index contributed by atoms with van der Waals surface area (Å²) in [5.41, 5.74) is -2.26. The number of hydrogen-bond acceptors (Lipinski definition) is 5. The molecule has 0 bridgehead atoms. The molecule has 0 aromatic carbocycles. The largest absolute Gasteiger partial charge is 0.374 e.